The number of hydrogen-bond acceptors (Lipinski definition) is 3. The summed E-state index contributed by atoms with van der Waals surface area (Å²) in [5, 5.41) is 4.37. The van der Waals surface area contributed by atoms with Crippen molar-refractivity contribution in [3.63, 3.8) is 0 Å². The predicted molar refractivity (Wildman–Crippen MR) is 77.9 cm³/mol. The summed E-state index contributed by atoms with van der Waals surface area (Å²) >= 11 is 2.21. The van der Waals surface area contributed by atoms with E-state index in [2.05, 4.69) is 29.0 Å². The molecular formula is C14H28N2S. The lowest BCUT2D eigenvalue weighted by molar-refractivity contribution is 0.202. The number of thioether (sulfide) groups is 1. The van der Waals surface area contributed by atoms with Gasteiger partial charge in [-0.05, 0) is 45.8 Å². The van der Waals surface area contributed by atoms with Gasteiger partial charge < -0.3 is 10.2 Å². The Labute approximate surface area is 111 Å². The summed E-state index contributed by atoms with van der Waals surface area (Å²) in [4.78, 5) is 2.62. The normalized spacial score (nSPS) is 24.4. The number of nitrogens with zero attached hydrogens (tertiary/aromatic N) is 1. The van der Waals surface area contributed by atoms with Crippen molar-refractivity contribution >= 4 is 11.8 Å². The highest BCUT2D eigenvalue weighted by Gasteiger charge is 2.18. The van der Waals surface area contributed by atoms with Gasteiger partial charge in [0, 0.05) is 23.6 Å². The summed E-state index contributed by atoms with van der Waals surface area (Å²) < 4.78 is 0. The molecule has 1 aliphatic carbocycles. The summed E-state index contributed by atoms with van der Waals surface area (Å²) in [6.07, 6.45) is 10.00. The molecule has 1 saturated carbocycles. The molecule has 0 atom stereocenters. The van der Waals surface area contributed by atoms with Gasteiger partial charge in [-0.3, -0.25) is 0 Å². The maximum atomic E-state index is 3.44. The first-order valence-electron chi connectivity index (χ1n) is 7.39. The Kier molecular flexibility index (Phi) is 6.16. The third kappa shape index (κ3) is 4.80. The topological polar surface area (TPSA) is 15.3 Å². The average Bonchev–Trinajstić information content (AvgIpc) is 2.41. The zero-order valence-electron chi connectivity index (χ0n) is 11.3. The van der Waals surface area contributed by atoms with Crippen LogP contribution in [0.3, 0.4) is 0 Å². The second-order valence-electron chi connectivity index (χ2n) is 5.59. The minimum absolute atomic E-state index is 0.886. The molecule has 3 heteroatoms. The summed E-state index contributed by atoms with van der Waals surface area (Å²) in [7, 11) is 2.33. The first kappa shape index (κ1) is 13.7. The molecule has 0 amide bonds. The van der Waals surface area contributed by atoms with Gasteiger partial charge in [0.25, 0.3) is 0 Å². The largest absolute Gasteiger partial charge is 0.317 e. The van der Waals surface area contributed by atoms with Crippen molar-refractivity contribution in [3.05, 3.63) is 0 Å². The minimum Gasteiger partial charge on any atom is -0.317 e. The SMILES string of the molecule is CN(CCSC1CCNCC1)C1CCCCC1. The second-order valence-corrected chi connectivity index (χ2v) is 7.00. The van der Waals surface area contributed by atoms with Gasteiger partial charge in [0.1, 0.15) is 0 Å². The van der Waals surface area contributed by atoms with Gasteiger partial charge in [0.05, 0.1) is 0 Å². The maximum absolute atomic E-state index is 3.44. The molecule has 0 bridgehead atoms. The summed E-state index contributed by atoms with van der Waals surface area (Å²) in [5.41, 5.74) is 0. The van der Waals surface area contributed by atoms with E-state index in [0.717, 1.165) is 11.3 Å². The quantitative estimate of drug-likeness (QED) is 0.814. The van der Waals surface area contributed by atoms with Crippen molar-refractivity contribution in [2.24, 2.45) is 0 Å². The Morgan fingerprint density at radius 3 is 2.47 bits per heavy atom. The van der Waals surface area contributed by atoms with Crippen LogP contribution in [0.2, 0.25) is 0 Å². The van der Waals surface area contributed by atoms with Crippen LogP contribution in [0.5, 0.6) is 0 Å². The van der Waals surface area contributed by atoms with Crippen LogP contribution >= 0.6 is 11.8 Å². The van der Waals surface area contributed by atoms with E-state index < -0.39 is 0 Å². The standard InChI is InChI=1S/C14H28N2S/c1-16(13-5-3-2-4-6-13)11-12-17-14-7-9-15-10-8-14/h13-15H,2-12H2,1H3. The molecule has 100 valence electrons. The molecule has 1 saturated heterocycles. The number of piperidine rings is 1. The molecule has 0 radical (unpaired) electrons. The average molecular weight is 256 g/mol. The number of nitrogens with one attached hydrogen (secondary N) is 1. The highest BCUT2D eigenvalue weighted by atomic mass is 32.2. The lowest BCUT2D eigenvalue weighted by Crippen LogP contribution is -2.35. The number of rotatable bonds is 5. The fourth-order valence-corrected chi connectivity index (χ4v) is 4.33. The lowest BCUT2D eigenvalue weighted by atomic mass is 9.94. The molecule has 0 aromatic carbocycles. The lowest BCUT2D eigenvalue weighted by Gasteiger charge is -2.31. The van der Waals surface area contributed by atoms with Gasteiger partial charge in [-0.2, -0.15) is 11.8 Å². The molecule has 0 aromatic rings. The minimum atomic E-state index is 0.886. The monoisotopic (exact) mass is 256 g/mol. The Hall–Kier alpha value is 0.270. The van der Waals surface area contributed by atoms with E-state index in [4.69, 9.17) is 0 Å². The van der Waals surface area contributed by atoms with Crippen LogP contribution in [-0.2, 0) is 0 Å². The van der Waals surface area contributed by atoms with E-state index in [1.54, 1.807) is 0 Å². The van der Waals surface area contributed by atoms with Crippen molar-refractivity contribution in [2.75, 3.05) is 32.4 Å². The van der Waals surface area contributed by atoms with Crippen LogP contribution in [0, 0.1) is 0 Å². The summed E-state index contributed by atoms with van der Waals surface area (Å²) in [6, 6.07) is 0.886. The van der Waals surface area contributed by atoms with E-state index in [-0.39, 0.29) is 0 Å². The van der Waals surface area contributed by atoms with Crippen LogP contribution in [0.25, 0.3) is 0 Å². The molecule has 1 aliphatic heterocycles. The van der Waals surface area contributed by atoms with E-state index in [0.29, 0.717) is 0 Å². The number of hydrogen-bond donors (Lipinski definition) is 1. The van der Waals surface area contributed by atoms with E-state index in [1.165, 1.54) is 70.3 Å². The third-order valence-corrected chi connectivity index (χ3v) is 5.64. The molecule has 1 N–H and O–H groups in total. The van der Waals surface area contributed by atoms with Crippen LogP contribution in [0.1, 0.15) is 44.9 Å². The van der Waals surface area contributed by atoms with Crippen molar-refractivity contribution in [1.82, 2.24) is 10.2 Å². The highest BCUT2D eigenvalue weighted by Crippen LogP contribution is 2.23. The fraction of sp³-hybridized carbons (Fsp3) is 1.00. The summed E-state index contributed by atoms with van der Waals surface area (Å²) in [6.45, 7) is 3.76. The molecule has 2 aliphatic rings. The maximum Gasteiger partial charge on any atom is 0.00925 e. The molecule has 2 nitrogen and oxygen atoms in total. The molecule has 0 unspecified atom stereocenters. The van der Waals surface area contributed by atoms with Gasteiger partial charge in [0.2, 0.25) is 0 Å². The van der Waals surface area contributed by atoms with Crippen LogP contribution in [0.4, 0.5) is 0 Å². The fourth-order valence-electron chi connectivity index (χ4n) is 3.03. The molecule has 0 aromatic heterocycles. The van der Waals surface area contributed by atoms with Crippen molar-refractivity contribution in [3.8, 4) is 0 Å². The summed E-state index contributed by atoms with van der Waals surface area (Å²) in [5.74, 6) is 1.33. The van der Waals surface area contributed by atoms with Crippen LogP contribution in [-0.4, -0.2) is 48.6 Å². The van der Waals surface area contributed by atoms with E-state index >= 15 is 0 Å². The molecule has 0 spiro atoms. The Morgan fingerprint density at radius 1 is 1.06 bits per heavy atom. The van der Waals surface area contributed by atoms with Crippen molar-refractivity contribution < 1.29 is 0 Å². The zero-order valence-corrected chi connectivity index (χ0v) is 12.1. The Bertz CT molecular complexity index is 198. The van der Waals surface area contributed by atoms with Gasteiger partial charge >= 0.3 is 0 Å². The molecule has 2 rings (SSSR count). The van der Waals surface area contributed by atoms with E-state index in [9.17, 15) is 0 Å². The van der Waals surface area contributed by atoms with Crippen LogP contribution in [0.15, 0.2) is 0 Å². The zero-order chi connectivity index (χ0) is 11.9. The molecule has 1 heterocycles. The molecular weight excluding hydrogens is 228 g/mol. The first-order chi connectivity index (χ1) is 8.36. The Morgan fingerprint density at radius 2 is 1.76 bits per heavy atom. The Balaban J connectivity index is 1.57. The third-order valence-electron chi connectivity index (χ3n) is 4.28. The van der Waals surface area contributed by atoms with Gasteiger partial charge in [-0.1, -0.05) is 19.3 Å². The molecule has 17 heavy (non-hydrogen) atoms. The second kappa shape index (κ2) is 7.65. The molecule has 2 fully saturated rings. The predicted octanol–water partition coefficient (Wildman–Crippen LogP) is 2.74. The first-order valence-corrected chi connectivity index (χ1v) is 8.43. The van der Waals surface area contributed by atoms with Crippen molar-refractivity contribution in [1.29, 1.82) is 0 Å². The van der Waals surface area contributed by atoms with Gasteiger partial charge in [-0.15, -0.1) is 0 Å². The van der Waals surface area contributed by atoms with Gasteiger partial charge in [-0.25, -0.2) is 0 Å². The van der Waals surface area contributed by atoms with Crippen molar-refractivity contribution in [2.45, 2.75) is 56.2 Å². The van der Waals surface area contributed by atoms with Crippen LogP contribution < -0.4 is 5.32 Å². The van der Waals surface area contributed by atoms with E-state index in [1.807, 2.05) is 0 Å². The highest BCUT2D eigenvalue weighted by molar-refractivity contribution is 7.99. The smallest absolute Gasteiger partial charge is 0.00925 e. The van der Waals surface area contributed by atoms with Gasteiger partial charge in [0.15, 0.2) is 0 Å².